The fourth-order valence-corrected chi connectivity index (χ4v) is 3.59. The van der Waals surface area contributed by atoms with Crippen LogP contribution in [0, 0.1) is 0 Å². The predicted octanol–water partition coefficient (Wildman–Crippen LogP) is 3.70. The summed E-state index contributed by atoms with van der Waals surface area (Å²) in [5, 5.41) is 5.15. The Morgan fingerprint density at radius 2 is 1.97 bits per heavy atom. The Kier molecular flexibility index (Phi) is 5.16. The number of fused-ring (bicyclic) bond motifs is 1. The summed E-state index contributed by atoms with van der Waals surface area (Å²) in [6, 6.07) is 19.7. The Morgan fingerprint density at radius 3 is 2.66 bits per heavy atom. The molecular formula is C21H20ClN5O2. The number of rotatable bonds is 5. The fourth-order valence-electron chi connectivity index (χ4n) is 3.36. The number of hydrogen-bond acceptors (Lipinski definition) is 5. The molecule has 2 aromatic carbocycles. The Bertz CT molecular complexity index is 1180. The van der Waals surface area contributed by atoms with Gasteiger partial charge < -0.3 is 25.0 Å². The van der Waals surface area contributed by atoms with Crippen LogP contribution < -0.4 is 21.8 Å². The van der Waals surface area contributed by atoms with E-state index in [1.54, 1.807) is 13.2 Å². The van der Waals surface area contributed by atoms with Crippen molar-refractivity contribution >= 4 is 28.3 Å². The van der Waals surface area contributed by atoms with Gasteiger partial charge in [-0.15, -0.1) is 0 Å². The summed E-state index contributed by atoms with van der Waals surface area (Å²) in [6.45, 7) is 0.485. The molecule has 8 heteroatoms. The van der Waals surface area contributed by atoms with Gasteiger partial charge in [0.15, 0.2) is 5.76 Å². The van der Waals surface area contributed by atoms with Crippen LogP contribution in [0.15, 0.2) is 70.2 Å². The number of nitrogens with zero attached hydrogens (tertiary/aromatic N) is 2. The number of aromatic nitrogens is 1. The maximum atomic E-state index is 6.40. The molecule has 0 spiro atoms. The Balaban J connectivity index is 1.84. The fraction of sp³-hybridized carbons (Fsp3) is 0.0952. The number of nitrogens with one attached hydrogen (secondary N) is 1. The molecule has 0 saturated carbocycles. The van der Waals surface area contributed by atoms with E-state index in [1.165, 1.54) is 0 Å². The number of nitrogens with two attached hydrogens (primary N) is 2. The molecule has 0 fully saturated rings. The standard InChI is InChI=1S/C21H20ClN5O2/c1-28-20-10-14-9-17(13-5-3-2-4-6-13)27(18(14)11-16(20)22)12-15-7-8-19(29-15)21(25-23)26-24/h2-11H,12,23-24H2,1H3,(H,25,26). The average Bonchev–Trinajstić information content (AvgIpc) is 3.34. The van der Waals surface area contributed by atoms with Crippen LogP contribution in [0.5, 0.6) is 5.75 Å². The minimum absolute atomic E-state index is 0.268. The number of methoxy groups -OCH3 is 1. The van der Waals surface area contributed by atoms with Gasteiger partial charge in [-0.3, -0.25) is 0 Å². The number of hydrogen-bond donors (Lipinski definition) is 3. The number of hydrazine groups is 1. The first-order valence-electron chi connectivity index (χ1n) is 8.90. The second kappa shape index (κ2) is 7.90. The average molecular weight is 410 g/mol. The third-order valence-electron chi connectivity index (χ3n) is 4.72. The van der Waals surface area contributed by atoms with Crippen LogP contribution in [0.2, 0.25) is 5.02 Å². The highest BCUT2D eigenvalue weighted by atomic mass is 35.5. The molecular weight excluding hydrogens is 390 g/mol. The minimum Gasteiger partial charge on any atom is -0.495 e. The lowest BCUT2D eigenvalue weighted by Crippen LogP contribution is -2.31. The van der Waals surface area contributed by atoms with E-state index in [9.17, 15) is 0 Å². The van der Waals surface area contributed by atoms with E-state index >= 15 is 0 Å². The van der Waals surface area contributed by atoms with E-state index in [1.807, 2.05) is 36.4 Å². The molecule has 4 aromatic rings. The van der Waals surface area contributed by atoms with Crippen LogP contribution in [0.3, 0.4) is 0 Å². The van der Waals surface area contributed by atoms with Crippen LogP contribution >= 0.6 is 11.6 Å². The summed E-state index contributed by atoms with van der Waals surface area (Å²) in [6.07, 6.45) is 0. The molecule has 2 aromatic heterocycles. The van der Waals surface area contributed by atoms with Crippen molar-refractivity contribution in [3.05, 3.63) is 77.2 Å². The highest BCUT2D eigenvalue weighted by Crippen LogP contribution is 2.35. The van der Waals surface area contributed by atoms with Gasteiger partial charge in [-0.1, -0.05) is 41.9 Å². The molecule has 0 atom stereocenters. The zero-order valence-corrected chi connectivity index (χ0v) is 16.5. The largest absolute Gasteiger partial charge is 0.495 e. The Morgan fingerprint density at radius 1 is 1.17 bits per heavy atom. The first-order chi connectivity index (χ1) is 14.1. The van der Waals surface area contributed by atoms with Gasteiger partial charge in [0.05, 0.1) is 24.2 Å². The van der Waals surface area contributed by atoms with Crippen molar-refractivity contribution in [3.8, 4) is 17.0 Å². The molecule has 0 amide bonds. The molecule has 5 N–H and O–H groups in total. The summed E-state index contributed by atoms with van der Waals surface area (Å²) >= 11 is 6.40. The van der Waals surface area contributed by atoms with Gasteiger partial charge in [0.2, 0.25) is 5.84 Å². The van der Waals surface area contributed by atoms with Gasteiger partial charge in [0, 0.05) is 11.1 Å². The normalized spacial score (nSPS) is 11.8. The summed E-state index contributed by atoms with van der Waals surface area (Å²) in [5.41, 5.74) is 5.51. The van der Waals surface area contributed by atoms with Crippen LogP contribution in [0.1, 0.15) is 11.5 Å². The van der Waals surface area contributed by atoms with E-state index in [-0.39, 0.29) is 5.84 Å². The SMILES string of the molecule is COc1cc2cc(-c3ccccc3)n(Cc3ccc(/C(=N/N)NN)o3)c2cc1Cl. The summed E-state index contributed by atoms with van der Waals surface area (Å²) < 4.78 is 13.4. The Labute approximate surface area is 172 Å². The van der Waals surface area contributed by atoms with Gasteiger partial charge in [-0.25, -0.2) is 5.84 Å². The van der Waals surface area contributed by atoms with Gasteiger partial charge in [-0.2, -0.15) is 5.10 Å². The van der Waals surface area contributed by atoms with Crippen molar-refractivity contribution in [1.82, 2.24) is 9.99 Å². The molecule has 148 valence electrons. The molecule has 0 aliphatic carbocycles. The highest BCUT2D eigenvalue weighted by molar-refractivity contribution is 6.32. The molecule has 0 aliphatic rings. The highest BCUT2D eigenvalue weighted by Gasteiger charge is 2.16. The van der Waals surface area contributed by atoms with Crippen LogP contribution in [0.25, 0.3) is 22.2 Å². The predicted molar refractivity (Wildman–Crippen MR) is 115 cm³/mol. The van der Waals surface area contributed by atoms with Crippen LogP contribution in [0.4, 0.5) is 0 Å². The smallest absolute Gasteiger partial charge is 0.202 e. The first-order valence-corrected chi connectivity index (χ1v) is 9.28. The van der Waals surface area contributed by atoms with Gasteiger partial charge in [0.1, 0.15) is 11.5 Å². The topological polar surface area (TPSA) is 104 Å². The summed E-state index contributed by atoms with van der Waals surface area (Å²) in [7, 11) is 1.61. The molecule has 0 unspecified atom stereocenters. The van der Waals surface area contributed by atoms with E-state index in [4.69, 9.17) is 32.4 Å². The van der Waals surface area contributed by atoms with Crippen molar-refractivity contribution in [2.45, 2.75) is 6.54 Å². The number of amidine groups is 1. The zero-order chi connectivity index (χ0) is 20.4. The second-order valence-electron chi connectivity index (χ2n) is 6.42. The van der Waals surface area contributed by atoms with Gasteiger partial charge in [0.25, 0.3) is 0 Å². The van der Waals surface area contributed by atoms with E-state index in [0.717, 1.165) is 27.9 Å². The molecule has 0 radical (unpaired) electrons. The van der Waals surface area contributed by atoms with Crippen molar-refractivity contribution in [2.24, 2.45) is 16.8 Å². The summed E-state index contributed by atoms with van der Waals surface area (Å²) in [5.74, 6) is 12.8. The van der Waals surface area contributed by atoms with Crippen LogP contribution in [-0.4, -0.2) is 17.5 Å². The van der Waals surface area contributed by atoms with Crippen molar-refractivity contribution in [3.63, 3.8) is 0 Å². The number of ether oxygens (including phenoxy) is 1. The molecule has 4 rings (SSSR count). The lowest BCUT2D eigenvalue weighted by atomic mass is 10.1. The first kappa shape index (κ1) is 18.9. The van der Waals surface area contributed by atoms with E-state index in [0.29, 0.717) is 23.1 Å². The van der Waals surface area contributed by atoms with Crippen molar-refractivity contribution in [1.29, 1.82) is 0 Å². The van der Waals surface area contributed by atoms with Gasteiger partial charge in [-0.05, 0) is 35.9 Å². The number of halogens is 1. The van der Waals surface area contributed by atoms with E-state index < -0.39 is 0 Å². The van der Waals surface area contributed by atoms with Crippen molar-refractivity contribution in [2.75, 3.05) is 7.11 Å². The minimum atomic E-state index is 0.268. The quantitative estimate of drug-likeness (QED) is 0.202. The number of benzene rings is 2. The molecule has 29 heavy (non-hydrogen) atoms. The monoisotopic (exact) mass is 409 g/mol. The third-order valence-corrected chi connectivity index (χ3v) is 5.01. The van der Waals surface area contributed by atoms with Crippen LogP contribution in [-0.2, 0) is 6.54 Å². The molecule has 2 heterocycles. The third kappa shape index (κ3) is 3.53. The number of hydrazone groups is 1. The van der Waals surface area contributed by atoms with E-state index in [2.05, 4.69) is 33.3 Å². The molecule has 0 saturated heterocycles. The van der Waals surface area contributed by atoms with Gasteiger partial charge >= 0.3 is 0 Å². The molecule has 0 bridgehead atoms. The lowest BCUT2D eigenvalue weighted by Gasteiger charge is -2.11. The van der Waals surface area contributed by atoms with Crippen molar-refractivity contribution < 1.29 is 9.15 Å². The number of furan rings is 1. The maximum Gasteiger partial charge on any atom is 0.202 e. The zero-order valence-electron chi connectivity index (χ0n) is 15.7. The summed E-state index contributed by atoms with van der Waals surface area (Å²) in [4.78, 5) is 0. The second-order valence-corrected chi connectivity index (χ2v) is 6.82. The maximum absolute atomic E-state index is 6.40. The molecule has 7 nitrogen and oxygen atoms in total. The Hall–Kier alpha value is -3.42. The lowest BCUT2D eigenvalue weighted by molar-refractivity contribution is 0.415. The molecule has 0 aliphatic heterocycles.